The lowest BCUT2D eigenvalue weighted by molar-refractivity contribution is 0.0690. The summed E-state index contributed by atoms with van der Waals surface area (Å²) < 4.78 is 2.33. The number of hydrogen-bond acceptors (Lipinski definition) is 2. The van der Waals surface area contributed by atoms with Crippen molar-refractivity contribution < 1.29 is 9.90 Å². The van der Waals surface area contributed by atoms with Gasteiger partial charge in [0.1, 0.15) is 5.69 Å². The van der Waals surface area contributed by atoms with Crippen LogP contribution in [-0.2, 0) is 13.0 Å². The standard InChI is InChI=1S/C20H24N2O2/c1-3-5-10-16-19-15(13-17(21-16)20(23)24)14-9-7-8-11-18(14)22(19)12-6-4-2/h7-9,11,13H,3-6,10,12H2,1-2H3,(H,23,24). The van der Waals surface area contributed by atoms with Crippen LogP contribution in [0.4, 0.5) is 0 Å². The van der Waals surface area contributed by atoms with Crippen LogP contribution in [0.25, 0.3) is 21.8 Å². The molecule has 2 aromatic heterocycles. The molecule has 0 fully saturated rings. The van der Waals surface area contributed by atoms with Gasteiger partial charge in [0, 0.05) is 22.8 Å². The molecule has 0 saturated heterocycles. The fourth-order valence-corrected chi connectivity index (χ4v) is 3.33. The van der Waals surface area contributed by atoms with E-state index in [1.807, 2.05) is 12.1 Å². The molecule has 0 aliphatic heterocycles. The van der Waals surface area contributed by atoms with E-state index in [9.17, 15) is 9.90 Å². The van der Waals surface area contributed by atoms with Gasteiger partial charge >= 0.3 is 5.97 Å². The predicted octanol–water partition coefficient (Wildman–Crippen LogP) is 5.03. The normalized spacial score (nSPS) is 11.4. The molecular formula is C20H24N2O2. The molecular weight excluding hydrogens is 300 g/mol. The molecule has 0 saturated carbocycles. The second-order valence-corrected chi connectivity index (χ2v) is 6.28. The Kier molecular flexibility index (Phi) is 4.84. The fraction of sp³-hybridized carbons (Fsp3) is 0.400. The van der Waals surface area contributed by atoms with Crippen molar-refractivity contribution >= 4 is 27.8 Å². The molecule has 2 heterocycles. The number of aryl methyl sites for hydroxylation is 2. The predicted molar refractivity (Wildman–Crippen MR) is 97.7 cm³/mol. The Hall–Kier alpha value is -2.36. The van der Waals surface area contributed by atoms with Crippen molar-refractivity contribution in [2.45, 2.75) is 52.5 Å². The summed E-state index contributed by atoms with van der Waals surface area (Å²) in [6, 6.07) is 9.99. The van der Waals surface area contributed by atoms with E-state index in [0.717, 1.165) is 60.6 Å². The number of carboxylic acid groups (broad SMARTS) is 1. The largest absolute Gasteiger partial charge is 0.477 e. The summed E-state index contributed by atoms with van der Waals surface area (Å²) >= 11 is 0. The van der Waals surface area contributed by atoms with Crippen LogP contribution in [-0.4, -0.2) is 20.6 Å². The number of carbonyl (C=O) groups is 1. The molecule has 0 spiro atoms. The van der Waals surface area contributed by atoms with Crippen LogP contribution in [0.15, 0.2) is 30.3 Å². The number of nitrogens with zero attached hydrogens (tertiary/aromatic N) is 2. The summed E-state index contributed by atoms with van der Waals surface area (Å²) in [6.07, 6.45) is 5.12. The number of aromatic nitrogens is 2. The average Bonchev–Trinajstić information content (AvgIpc) is 2.92. The Balaban J connectivity index is 2.34. The third kappa shape index (κ3) is 2.88. The number of carboxylic acids is 1. The summed E-state index contributed by atoms with van der Waals surface area (Å²) in [4.78, 5) is 16.0. The molecule has 0 radical (unpaired) electrons. The molecule has 0 unspecified atom stereocenters. The van der Waals surface area contributed by atoms with Gasteiger partial charge < -0.3 is 9.67 Å². The molecule has 0 atom stereocenters. The number of hydrogen-bond donors (Lipinski definition) is 1. The first-order valence-electron chi connectivity index (χ1n) is 8.81. The van der Waals surface area contributed by atoms with Crippen LogP contribution in [0.1, 0.15) is 55.7 Å². The van der Waals surface area contributed by atoms with Gasteiger partial charge in [-0.05, 0) is 31.4 Å². The van der Waals surface area contributed by atoms with Gasteiger partial charge in [-0.3, -0.25) is 0 Å². The summed E-state index contributed by atoms with van der Waals surface area (Å²) in [5, 5.41) is 11.6. The second kappa shape index (κ2) is 7.04. The van der Waals surface area contributed by atoms with E-state index < -0.39 is 5.97 Å². The van der Waals surface area contributed by atoms with Crippen molar-refractivity contribution in [1.82, 2.24) is 9.55 Å². The van der Waals surface area contributed by atoms with E-state index in [1.54, 1.807) is 6.07 Å². The summed E-state index contributed by atoms with van der Waals surface area (Å²) in [7, 11) is 0. The van der Waals surface area contributed by atoms with Crippen LogP contribution in [0.2, 0.25) is 0 Å². The van der Waals surface area contributed by atoms with Crippen molar-refractivity contribution in [1.29, 1.82) is 0 Å². The number of pyridine rings is 1. The van der Waals surface area contributed by atoms with Crippen LogP contribution in [0, 0.1) is 0 Å². The number of unbranched alkanes of at least 4 members (excludes halogenated alkanes) is 2. The first kappa shape index (κ1) is 16.5. The Bertz CT molecular complexity index is 880. The van der Waals surface area contributed by atoms with Gasteiger partial charge in [-0.25, -0.2) is 9.78 Å². The third-order valence-corrected chi connectivity index (χ3v) is 4.54. The molecule has 0 aliphatic carbocycles. The van der Waals surface area contributed by atoms with Crippen molar-refractivity contribution in [3.8, 4) is 0 Å². The monoisotopic (exact) mass is 324 g/mol. The number of fused-ring (bicyclic) bond motifs is 3. The molecule has 0 bridgehead atoms. The number of aromatic carboxylic acids is 1. The highest BCUT2D eigenvalue weighted by molar-refractivity contribution is 6.10. The van der Waals surface area contributed by atoms with Gasteiger partial charge in [0.05, 0.1) is 11.2 Å². The average molecular weight is 324 g/mol. The first-order valence-corrected chi connectivity index (χ1v) is 8.81. The Morgan fingerprint density at radius 2 is 1.88 bits per heavy atom. The minimum atomic E-state index is -0.958. The fourth-order valence-electron chi connectivity index (χ4n) is 3.33. The zero-order valence-corrected chi connectivity index (χ0v) is 14.4. The van der Waals surface area contributed by atoms with E-state index in [1.165, 1.54) is 5.52 Å². The Morgan fingerprint density at radius 1 is 1.12 bits per heavy atom. The van der Waals surface area contributed by atoms with Gasteiger partial charge in [0.2, 0.25) is 0 Å². The van der Waals surface area contributed by atoms with Crippen molar-refractivity contribution in [2.75, 3.05) is 0 Å². The summed E-state index contributed by atoms with van der Waals surface area (Å²) in [6.45, 7) is 5.27. The molecule has 1 aromatic carbocycles. The lowest BCUT2D eigenvalue weighted by atomic mass is 10.1. The highest BCUT2D eigenvalue weighted by Gasteiger charge is 2.18. The zero-order chi connectivity index (χ0) is 17.1. The molecule has 0 aliphatic rings. The van der Waals surface area contributed by atoms with Crippen LogP contribution in [0.3, 0.4) is 0 Å². The number of benzene rings is 1. The van der Waals surface area contributed by atoms with E-state index in [4.69, 9.17) is 0 Å². The van der Waals surface area contributed by atoms with Crippen molar-refractivity contribution in [3.05, 3.63) is 41.7 Å². The van der Waals surface area contributed by atoms with Crippen molar-refractivity contribution in [3.63, 3.8) is 0 Å². The molecule has 1 N–H and O–H groups in total. The maximum atomic E-state index is 11.5. The molecule has 4 nitrogen and oxygen atoms in total. The third-order valence-electron chi connectivity index (χ3n) is 4.54. The Morgan fingerprint density at radius 3 is 2.58 bits per heavy atom. The molecule has 3 rings (SSSR count). The lowest BCUT2D eigenvalue weighted by Crippen LogP contribution is -2.06. The quantitative estimate of drug-likeness (QED) is 0.663. The molecule has 0 amide bonds. The summed E-state index contributed by atoms with van der Waals surface area (Å²) in [5.41, 5.74) is 3.34. The zero-order valence-electron chi connectivity index (χ0n) is 14.4. The molecule has 4 heteroatoms. The van der Waals surface area contributed by atoms with Crippen LogP contribution < -0.4 is 0 Å². The van der Waals surface area contributed by atoms with Crippen molar-refractivity contribution in [2.24, 2.45) is 0 Å². The van der Waals surface area contributed by atoms with E-state index >= 15 is 0 Å². The molecule has 24 heavy (non-hydrogen) atoms. The minimum Gasteiger partial charge on any atom is -0.477 e. The maximum Gasteiger partial charge on any atom is 0.354 e. The SMILES string of the molecule is CCCCc1nc(C(=O)O)cc2c3ccccc3n(CCCC)c12. The first-order chi connectivity index (χ1) is 11.7. The second-order valence-electron chi connectivity index (χ2n) is 6.28. The van der Waals surface area contributed by atoms with Crippen LogP contribution >= 0.6 is 0 Å². The van der Waals surface area contributed by atoms with Gasteiger partial charge in [0.15, 0.2) is 0 Å². The van der Waals surface area contributed by atoms with Gasteiger partial charge in [-0.2, -0.15) is 0 Å². The lowest BCUT2D eigenvalue weighted by Gasteiger charge is -2.10. The smallest absolute Gasteiger partial charge is 0.354 e. The Labute approximate surface area is 142 Å². The highest BCUT2D eigenvalue weighted by Crippen LogP contribution is 2.32. The highest BCUT2D eigenvalue weighted by atomic mass is 16.4. The molecule has 3 aromatic rings. The topological polar surface area (TPSA) is 55.1 Å². The van der Waals surface area contributed by atoms with Gasteiger partial charge in [-0.1, -0.05) is 44.9 Å². The van der Waals surface area contributed by atoms with E-state index in [-0.39, 0.29) is 5.69 Å². The maximum absolute atomic E-state index is 11.5. The number of para-hydroxylation sites is 1. The van der Waals surface area contributed by atoms with E-state index in [2.05, 4.69) is 35.5 Å². The van der Waals surface area contributed by atoms with Crippen LogP contribution in [0.5, 0.6) is 0 Å². The minimum absolute atomic E-state index is 0.145. The molecule has 126 valence electrons. The van der Waals surface area contributed by atoms with Gasteiger partial charge in [0.25, 0.3) is 0 Å². The number of rotatable bonds is 7. The summed E-state index contributed by atoms with van der Waals surface area (Å²) in [5.74, 6) is -0.958. The van der Waals surface area contributed by atoms with Gasteiger partial charge in [-0.15, -0.1) is 0 Å². The van der Waals surface area contributed by atoms with E-state index in [0.29, 0.717) is 0 Å².